The van der Waals surface area contributed by atoms with Gasteiger partial charge in [-0.2, -0.15) is 0 Å². The summed E-state index contributed by atoms with van der Waals surface area (Å²) < 4.78 is 0.911. The molecule has 0 fully saturated rings. The molecule has 0 saturated carbocycles. The predicted molar refractivity (Wildman–Crippen MR) is 66.4 cm³/mol. The lowest BCUT2D eigenvalue weighted by Gasteiger charge is -2.10. The summed E-state index contributed by atoms with van der Waals surface area (Å²) in [4.78, 5) is 3.21. The number of benzene rings is 1. The second-order valence-corrected chi connectivity index (χ2v) is 4.98. The molecule has 1 atom stereocenters. The summed E-state index contributed by atoms with van der Waals surface area (Å²) in [6, 6.07) is 5.85. The Hall–Kier alpha value is -1.34. The number of nitrogens with zero attached hydrogens (tertiary/aromatic N) is 2. The minimum absolute atomic E-state index is 0.159. The van der Waals surface area contributed by atoms with Crippen LogP contribution in [0, 0.1) is 5.39 Å². The van der Waals surface area contributed by atoms with Crippen molar-refractivity contribution in [1.29, 1.82) is 5.39 Å². The van der Waals surface area contributed by atoms with E-state index >= 15 is 0 Å². The molecule has 0 amide bonds. The highest BCUT2D eigenvalue weighted by molar-refractivity contribution is 9.10. The minimum atomic E-state index is 0.159. The van der Waals surface area contributed by atoms with Crippen LogP contribution in [0.25, 0.3) is 10.7 Å². The first-order chi connectivity index (χ1) is 7.63. The van der Waals surface area contributed by atoms with Crippen LogP contribution in [0.4, 0.5) is 0 Å². The van der Waals surface area contributed by atoms with Gasteiger partial charge in [0.05, 0.1) is 5.56 Å². The van der Waals surface area contributed by atoms with Crippen molar-refractivity contribution in [3.63, 3.8) is 0 Å². The van der Waals surface area contributed by atoms with E-state index in [2.05, 4.69) is 27.8 Å². The van der Waals surface area contributed by atoms with Crippen LogP contribution in [-0.4, -0.2) is 5.11 Å². The maximum absolute atomic E-state index is 9.81. The third kappa shape index (κ3) is 1.83. The SMILES string of the molecule is CC1CCC(O)=C([N+]#N)c2cc(Br)ccc21. The van der Waals surface area contributed by atoms with E-state index in [4.69, 9.17) is 5.39 Å². The monoisotopic (exact) mass is 279 g/mol. The van der Waals surface area contributed by atoms with Gasteiger partial charge in [-0.3, -0.25) is 0 Å². The van der Waals surface area contributed by atoms with Crippen molar-refractivity contribution in [2.24, 2.45) is 0 Å². The zero-order valence-electron chi connectivity index (χ0n) is 8.94. The lowest BCUT2D eigenvalue weighted by Crippen LogP contribution is -1.95. The van der Waals surface area contributed by atoms with E-state index in [0.29, 0.717) is 18.0 Å². The number of diazo groups is 1. The van der Waals surface area contributed by atoms with Crippen LogP contribution < -0.4 is 0 Å². The fourth-order valence-electron chi connectivity index (χ4n) is 2.06. The quantitative estimate of drug-likeness (QED) is 0.715. The third-order valence-electron chi connectivity index (χ3n) is 2.99. The summed E-state index contributed by atoms with van der Waals surface area (Å²) in [5.74, 6) is 0.510. The number of allylic oxidation sites excluding steroid dienone is 1. The molecule has 16 heavy (non-hydrogen) atoms. The smallest absolute Gasteiger partial charge is 0.429 e. The van der Waals surface area contributed by atoms with E-state index in [1.807, 2.05) is 18.2 Å². The molecule has 0 spiro atoms. The topological polar surface area (TPSA) is 48.4 Å². The zero-order valence-corrected chi connectivity index (χ0v) is 10.5. The Balaban J connectivity index is 2.69. The first-order valence-corrected chi connectivity index (χ1v) is 6.00. The number of aliphatic hydroxyl groups is 1. The molecule has 1 aromatic carbocycles. The maximum atomic E-state index is 9.81. The Morgan fingerprint density at radius 3 is 2.94 bits per heavy atom. The van der Waals surface area contributed by atoms with Gasteiger partial charge in [0.25, 0.3) is 0 Å². The lowest BCUT2D eigenvalue weighted by molar-refractivity contribution is 0.384. The van der Waals surface area contributed by atoms with Gasteiger partial charge in [-0.15, -0.1) is 0 Å². The zero-order chi connectivity index (χ0) is 11.7. The van der Waals surface area contributed by atoms with E-state index in [9.17, 15) is 5.11 Å². The molecule has 1 aliphatic rings. The van der Waals surface area contributed by atoms with Gasteiger partial charge in [0.2, 0.25) is 5.39 Å². The highest BCUT2D eigenvalue weighted by atomic mass is 79.9. The Labute approximate surface area is 103 Å². The van der Waals surface area contributed by atoms with Gasteiger partial charge in [-0.1, -0.05) is 28.9 Å². The fraction of sp³-hybridized carbons (Fsp3) is 0.333. The molecule has 0 aromatic heterocycles. The lowest BCUT2D eigenvalue weighted by atomic mass is 9.94. The summed E-state index contributed by atoms with van der Waals surface area (Å²) in [7, 11) is 0. The molecule has 3 nitrogen and oxygen atoms in total. The molecular formula is C12H12BrN2O+. The summed E-state index contributed by atoms with van der Waals surface area (Å²) in [5, 5.41) is 18.8. The molecule has 0 aliphatic heterocycles. The summed E-state index contributed by atoms with van der Waals surface area (Å²) in [5.41, 5.74) is 2.21. The van der Waals surface area contributed by atoms with Gasteiger partial charge in [0.1, 0.15) is 0 Å². The Morgan fingerprint density at radius 1 is 1.50 bits per heavy atom. The van der Waals surface area contributed by atoms with Crippen LogP contribution in [0.5, 0.6) is 0 Å². The third-order valence-corrected chi connectivity index (χ3v) is 3.48. The first-order valence-electron chi connectivity index (χ1n) is 5.20. The summed E-state index contributed by atoms with van der Waals surface area (Å²) >= 11 is 3.38. The predicted octanol–water partition coefficient (Wildman–Crippen LogP) is 4.43. The molecule has 1 unspecified atom stereocenters. The molecule has 0 heterocycles. The standard InChI is InChI=1S/C12H11BrN2O/c1-7-2-5-11(16)12(15-14)10-6-8(13)3-4-9(7)10/h3-4,6-7H,2,5H2,1H3/p+1. The molecule has 1 N–H and O–H groups in total. The van der Waals surface area contributed by atoms with Crippen molar-refractivity contribution in [2.75, 3.05) is 0 Å². The second-order valence-electron chi connectivity index (χ2n) is 4.07. The normalized spacial score (nSPS) is 19.9. The van der Waals surface area contributed by atoms with Crippen LogP contribution in [-0.2, 0) is 0 Å². The highest BCUT2D eigenvalue weighted by Crippen LogP contribution is 2.37. The molecule has 0 bridgehead atoms. The van der Waals surface area contributed by atoms with E-state index in [0.717, 1.165) is 22.0 Å². The van der Waals surface area contributed by atoms with Crippen LogP contribution in [0.15, 0.2) is 28.4 Å². The average molecular weight is 280 g/mol. The van der Waals surface area contributed by atoms with Gasteiger partial charge in [-0.05, 0) is 30.0 Å². The van der Waals surface area contributed by atoms with Gasteiger partial charge >= 0.3 is 5.70 Å². The van der Waals surface area contributed by atoms with E-state index in [-0.39, 0.29) is 5.76 Å². The van der Waals surface area contributed by atoms with Crippen molar-refractivity contribution >= 4 is 21.6 Å². The Kier molecular flexibility index (Phi) is 2.97. The summed E-state index contributed by atoms with van der Waals surface area (Å²) in [6.45, 7) is 2.11. The highest BCUT2D eigenvalue weighted by Gasteiger charge is 2.30. The first kappa shape index (κ1) is 11.2. The van der Waals surface area contributed by atoms with Crippen molar-refractivity contribution in [3.05, 3.63) is 44.5 Å². The molecule has 0 saturated heterocycles. The number of rotatable bonds is 0. The van der Waals surface area contributed by atoms with E-state index < -0.39 is 0 Å². The number of hydrogen-bond acceptors (Lipinski definition) is 2. The molecule has 1 aliphatic carbocycles. The van der Waals surface area contributed by atoms with Crippen molar-refractivity contribution in [2.45, 2.75) is 25.7 Å². The molecule has 4 heteroatoms. The Bertz CT molecular complexity index is 502. The Morgan fingerprint density at radius 2 is 2.25 bits per heavy atom. The molecule has 2 rings (SSSR count). The van der Waals surface area contributed by atoms with Gasteiger partial charge < -0.3 is 5.11 Å². The van der Waals surface area contributed by atoms with Crippen molar-refractivity contribution in [1.82, 2.24) is 0 Å². The summed E-state index contributed by atoms with van der Waals surface area (Å²) in [6.07, 6.45) is 1.41. The minimum Gasteiger partial charge on any atom is -0.505 e. The van der Waals surface area contributed by atoms with Crippen LogP contribution >= 0.6 is 15.9 Å². The van der Waals surface area contributed by atoms with Gasteiger partial charge in [-0.25, -0.2) is 0 Å². The van der Waals surface area contributed by atoms with Crippen LogP contribution in [0.3, 0.4) is 0 Å². The van der Waals surface area contributed by atoms with Gasteiger partial charge in [0.15, 0.2) is 10.7 Å². The molecule has 1 aromatic rings. The van der Waals surface area contributed by atoms with Crippen LogP contribution in [0.2, 0.25) is 0 Å². The fourth-order valence-corrected chi connectivity index (χ4v) is 2.42. The largest absolute Gasteiger partial charge is 0.505 e. The number of fused-ring (bicyclic) bond motifs is 1. The van der Waals surface area contributed by atoms with Crippen LogP contribution in [0.1, 0.15) is 36.8 Å². The number of halogens is 1. The van der Waals surface area contributed by atoms with Crippen molar-refractivity contribution in [3.8, 4) is 0 Å². The molecular weight excluding hydrogens is 268 g/mol. The second kappa shape index (κ2) is 4.26. The maximum Gasteiger partial charge on any atom is 0.429 e. The molecule has 0 radical (unpaired) electrons. The number of aliphatic hydroxyl groups excluding tert-OH is 1. The van der Waals surface area contributed by atoms with Crippen molar-refractivity contribution < 1.29 is 5.11 Å². The number of hydrogen-bond donors (Lipinski definition) is 1. The molecule has 82 valence electrons. The van der Waals surface area contributed by atoms with E-state index in [1.54, 1.807) is 0 Å². The average Bonchev–Trinajstić information content (AvgIpc) is 2.37. The van der Waals surface area contributed by atoms with E-state index in [1.165, 1.54) is 0 Å². The van der Waals surface area contributed by atoms with Gasteiger partial charge in [0, 0.05) is 10.9 Å².